The molecule has 0 atom stereocenters. The molecule has 0 N–H and O–H groups in total. The molecule has 21 heavy (non-hydrogen) atoms. The average molecular weight is 289 g/mol. The molecule has 0 aliphatic carbocycles. The van der Waals surface area contributed by atoms with Crippen LogP contribution in [0.1, 0.15) is 49.5 Å². The van der Waals surface area contributed by atoms with Crippen molar-refractivity contribution < 1.29 is 9.53 Å². The highest BCUT2D eigenvalue weighted by Crippen LogP contribution is 2.34. The van der Waals surface area contributed by atoms with Gasteiger partial charge >= 0.3 is 5.97 Å². The SMILES string of the molecule is COC(=O)c1ccccc1CN1CCC(C(C)(C)C)CC1. The van der Waals surface area contributed by atoms with E-state index in [1.165, 1.54) is 20.0 Å². The standard InChI is InChI=1S/C18H27NO2/c1-18(2,3)15-9-11-19(12-10-15)13-14-7-5-6-8-16(14)17(20)21-4/h5-8,15H,9-13H2,1-4H3. The van der Waals surface area contributed by atoms with Crippen molar-refractivity contribution in [3.63, 3.8) is 0 Å². The predicted octanol–water partition coefficient (Wildman–Crippen LogP) is 3.73. The lowest BCUT2D eigenvalue weighted by Crippen LogP contribution is -2.37. The van der Waals surface area contributed by atoms with Crippen molar-refractivity contribution in [1.29, 1.82) is 0 Å². The number of rotatable bonds is 3. The highest BCUT2D eigenvalue weighted by Gasteiger charge is 2.29. The van der Waals surface area contributed by atoms with Gasteiger partial charge in [-0.15, -0.1) is 0 Å². The number of benzene rings is 1. The van der Waals surface area contributed by atoms with E-state index in [-0.39, 0.29) is 5.97 Å². The van der Waals surface area contributed by atoms with Gasteiger partial charge in [-0.2, -0.15) is 0 Å². The molecule has 1 aliphatic rings. The molecule has 3 heteroatoms. The zero-order valence-electron chi connectivity index (χ0n) is 13.7. The first kappa shape index (κ1) is 16.0. The van der Waals surface area contributed by atoms with E-state index in [1.54, 1.807) is 0 Å². The van der Waals surface area contributed by atoms with E-state index in [1.807, 2.05) is 24.3 Å². The normalized spacial score (nSPS) is 17.7. The van der Waals surface area contributed by atoms with Crippen LogP contribution < -0.4 is 0 Å². The molecule has 1 heterocycles. The Kier molecular flexibility index (Phi) is 5.04. The van der Waals surface area contributed by atoms with Gasteiger partial charge < -0.3 is 4.74 Å². The smallest absolute Gasteiger partial charge is 0.338 e. The van der Waals surface area contributed by atoms with Gasteiger partial charge in [-0.1, -0.05) is 39.0 Å². The summed E-state index contributed by atoms with van der Waals surface area (Å²) in [6.45, 7) is 10.1. The van der Waals surface area contributed by atoms with Crippen molar-refractivity contribution in [3.8, 4) is 0 Å². The summed E-state index contributed by atoms with van der Waals surface area (Å²) >= 11 is 0. The summed E-state index contributed by atoms with van der Waals surface area (Å²) in [6, 6.07) is 7.76. The van der Waals surface area contributed by atoms with Crippen LogP contribution in [0.3, 0.4) is 0 Å². The number of hydrogen-bond acceptors (Lipinski definition) is 3. The summed E-state index contributed by atoms with van der Waals surface area (Å²) in [5.74, 6) is 0.555. The highest BCUT2D eigenvalue weighted by molar-refractivity contribution is 5.90. The van der Waals surface area contributed by atoms with Gasteiger partial charge in [0.05, 0.1) is 12.7 Å². The minimum Gasteiger partial charge on any atom is -0.465 e. The third-order valence-corrected chi connectivity index (χ3v) is 4.63. The number of carbonyl (C=O) groups excluding carboxylic acids is 1. The van der Waals surface area contributed by atoms with Crippen molar-refractivity contribution in [2.24, 2.45) is 11.3 Å². The van der Waals surface area contributed by atoms with Crippen LogP contribution in [0, 0.1) is 11.3 Å². The fraction of sp³-hybridized carbons (Fsp3) is 0.611. The van der Waals surface area contributed by atoms with Crippen LogP contribution in [0.4, 0.5) is 0 Å². The number of ether oxygens (including phenoxy) is 1. The fourth-order valence-corrected chi connectivity index (χ4v) is 3.17. The quantitative estimate of drug-likeness (QED) is 0.794. The van der Waals surface area contributed by atoms with Crippen molar-refractivity contribution in [2.75, 3.05) is 20.2 Å². The summed E-state index contributed by atoms with van der Waals surface area (Å²) in [5.41, 5.74) is 2.16. The second kappa shape index (κ2) is 6.61. The van der Waals surface area contributed by atoms with Gasteiger partial charge in [-0.05, 0) is 48.9 Å². The van der Waals surface area contributed by atoms with E-state index in [0.29, 0.717) is 11.0 Å². The summed E-state index contributed by atoms with van der Waals surface area (Å²) in [5, 5.41) is 0. The zero-order valence-corrected chi connectivity index (χ0v) is 13.7. The molecule has 1 aromatic carbocycles. The van der Waals surface area contributed by atoms with Crippen LogP contribution in [-0.2, 0) is 11.3 Å². The Morgan fingerprint density at radius 2 is 1.86 bits per heavy atom. The number of piperidine rings is 1. The van der Waals surface area contributed by atoms with E-state index in [2.05, 4.69) is 25.7 Å². The van der Waals surface area contributed by atoms with Crippen molar-refractivity contribution in [2.45, 2.75) is 40.2 Å². The summed E-state index contributed by atoms with van der Waals surface area (Å²) in [6.07, 6.45) is 2.48. The van der Waals surface area contributed by atoms with Crippen LogP contribution >= 0.6 is 0 Å². The number of esters is 1. The van der Waals surface area contributed by atoms with E-state index < -0.39 is 0 Å². The Bertz CT molecular complexity index is 482. The molecule has 116 valence electrons. The molecule has 1 aliphatic heterocycles. The van der Waals surface area contributed by atoms with E-state index in [9.17, 15) is 4.79 Å². The molecule has 0 radical (unpaired) electrons. The largest absolute Gasteiger partial charge is 0.465 e. The van der Waals surface area contributed by atoms with Crippen molar-refractivity contribution in [3.05, 3.63) is 35.4 Å². The van der Waals surface area contributed by atoms with Gasteiger partial charge in [0, 0.05) is 6.54 Å². The third kappa shape index (κ3) is 4.07. The maximum atomic E-state index is 11.8. The van der Waals surface area contributed by atoms with E-state index >= 15 is 0 Å². The number of carbonyl (C=O) groups is 1. The van der Waals surface area contributed by atoms with Crippen LogP contribution in [0.15, 0.2) is 24.3 Å². The molecule has 0 amide bonds. The first-order valence-corrected chi connectivity index (χ1v) is 7.80. The van der Waals surface area contributed by atoms with Crippen LogP contribution in [0.2, 0.25) is 0 Å². The number of likely N-dealkylation sites (tertiary alicyclic amines) is 1. The Balaban J connectivity index is 2.00. The van der Waals surface area contributed by atoms with Gasteiger partial charge in [0.2, 0.25) is 0 Å². The van der Waals surface area contributed by atoms with Crippen LogP contribution in [0.5, 0.6) is 0 Å². The zero-order chi connectivity index (χ0) is 15.5. The Hall–Kier alpha value is -1.35. The van der Waals surface area contributed by atoms with Gasteiger partial charge in [0.1, 0.15) is 0 Å². The minimum absolute atomic E-state index is 0.241. The molecule has 1 aromatic rings. The second-order valence-corrected chi connectivity index (χ2v) is 7.07. The molecule has 0 bridgehead atoms. The minimum atomic E-state index is -0.241. The third-order valence-electron chi connectivity index (χ3n) is 4.63. The van der Waals surface area contributed by atoms with Crippen LogP contribution in [-0.4, -0.2) is 31.1 Å². The average Bonchev–Trinajstić information content (AvgIpc) is 2.46. The monoisotopic (exact) mass is 289 g/mol. The van der Waals surface area contributed by atoms with Crippen LogP contribution in [0.25, 0.3) is 0 Å². The molecule has 0 aromatic heterocycles. The Labute approximate surface area is 128 Å². The van der Waals surface area contributed by atoms with E-state index in [4.69, 9.17) is 4.74 Å². The molecule has 0 saturated carbocycles. The molecule has 2 rings (SSSR count). The molecular weight excluding hydrogens is 262 g/mol. The first-order chi connectivity index (χ1) is 9.91. The maximum Gasteiger partial charge on any atom is 0.338 e. The second-order valence-electron chi connectivity index (χ2n) is 7.07. The maximum absolute atomic E-state index is 11.8. The lowest BCUT2D eigenvalue weighted by Gasteiger charge is -2.38. The van der Waals surface area contributed by atoms with Crippen molar-refractivity contribution >= 4 is 5.97 Å². The van der Waals surface area contributed by atoms with Gasteiger partial charge in [0.25, 0.3) is 0 Å². The first-order valence-electron chi connectivity index (χ1n) is 7.80. The molecule has 0 unspecified atom stereocenters. The van der Waals surface area contributed by atoms with Crippen molar-refractivity contribution in [1.82, 2.24) is 4.90 Å². The summed E-state index contributed by atoms with van der Waals surface area (Å²) in [7, 11) is 1.44. The topological polar surface area (TPSA) is 29.5 Å². The van der Waals surface area contributed by atoms with E-state index in [0.717, 1.165) is 31.1 Å². The predicted molar refractivity (Wildman–Crippen MR) is 85.2 cm³/mol. The van der Waals surface area contributed by atoms with Gasteiger partial charge in [-0.25, -0.2) is 4.79 Å². The summed E-state index contributed by atoms with van der Waals surface area (Å²) in [4.78, 5) is 14.3. The lowest BCUT2D eigenvalue weighted by atomic mass is 9.75. The summed E-state index contributed by atoms with van der Waals surface area (Å²) < 4.78 is 4.87. The number of nitrogens with zero attached hydrogens (tertiary/aromatic N) is 1. The van der Waals surface area contributed by atoms with Gasteiger partial charge in [0.15, 0.2) is 0 Å². The Morgan fingerprint density at radius 1 is 1.24 bits per heavy atom. The molecule has 0 spiro atoms. The number of methoxy groups -OCH3 is 1. The Morgan fingerprint density at radius 3 is 2.43 bits per heavy atom. The molecular formula is C18H27NO2. The lowest BCUT2D eigenvalue weighted by molar-refractivity contribution is 0.0596. The molecule has 1 fully saturated rings. The highest BCUT2D eigenvalue weighted by atomic mass is 16.5. The number of hydrogen-bond donors (Lipinski definition) is 0. The molecule has 3 nitrogen and oxygen atoms in total. The molecule has 1 saturated heterocycles. The fourth-order valence-electron chi connectivity index (χ4n) is 3.17. The van der Waals surface area contributed by atoms with Gasteiger partial charge in [-0.3, -0.25) is 4.90 Å².